The van der Waals surface area contributed by atoms with E-state index in [1.165, 1.54) is 12.3 Å². The number of carboxylic acid groups (broad SMARTS) is 1. The van der Waals surface area contributed by atoms with Crippen molar-refractivity contribution in [3.63, 3.8) is 0 Å². The van der Waals surface area contributed by atoms with Gasteiger partial charge in [0.2, 0.25) is 0 Å². The molecule has 0 saturated carbocycles. The average molecular weight is 155 g/mol. The number of hydrogen-bond acceptors (Lipinski definition) is 2. The smallest absolute Gasteiger partial charge is 0.337 e. The molecule has 0 unspecified atom stereocenters. The van der Waals surface area contributed by atoms with Crippen LogP contribution >= 0.6 is 0 Å². The SMILES string of the molecule is Cn1cc(C(=O)O)cc1CO. The molecule has 4 nitrogen and oxygen atoms in total. The van der Waals surface area contributed by atoms with Crippen LogP contribution in [0.5, 0.6) is 0 Å². The van der Waals surface area contributed by atoms with Crippen molar-refractivity contribution in [2.24, 2.45) is 7.05 Å². The Balaban J connectivity index is 3.05. The largest absolute Gasteiger partial charge is 0.478 e. The van der Waals surface area contributed by atoms with E-state index in [4.69, 9.17) is 10.2 Å². The summed E-state index contributed by atoms with van der Waals surface area (Å²) in [5, 5.41) is 17.2. The summed E-state index contributed by atoms with van der Waals surface area (Å²) < 4.78 is 1.59. The van der Waals surface area contributed by atoms with Crippen molar-refractivity contribution >= 4 is 5.97 Å². The zero-order valence-corrected chi connectivity index (χ0v) is 6.11. The molecule has 0 saturated heterocycles. The minimum Gasteiger partial charge on any atom is -0.478 e. The molecule has 1 rings (SSSR count). The third-order valence-corrected chi connectivity index (χ3v) is 1.52. The topological polar surface area (TPSA) is 62.5 Å². The fraction of sp³-hybridized carbons (Fsp3) is 0.286. The van der Waals surface area contributed by atoms with Crippen molar-refractivity contribution in [1.29, 1.82) is 0 Å². The molecule has 0 aromatic carbocycles. The molecule has 4 heteroatoms. The Hall–Kier alpha value is -1.29. The lowest BCUT2D eigenvalue weighted by Crippen LogP contribution is -1.93. The van der Waals surface area contributed by atoms with Crippen molar-refractivity contribution in [2.45, 2.75) is 6.61 Å². The molecular formula is C7H9NO3. The van der Waals surface area contributed by atoms with Gasteiger partial charge >= 0.3 is 5.97 Å². The molecule has 0 spiro atoms. The van der Waals surface area contributed by atoms with E-state index in [-0.39, 0.29) is 12.2 Å². The van der Waals surface area contributed by atoms with Gasteiger partial charge in [0.1, 0.15) is 0 Å². The van der Waals surface area contributed by atoms with E-state index in [9.17, 15) is 4.79 Å². The Morgan fingerprint density at radius 3 is 2.64 bits per heavy atom. The summed E-state index contributed by atoms with van der Waals surface area (Å²) >= 11 is 0. The summed E-state index contributed by atoms with van der Waals surface area (Å²) in [6.07, 6.45) is 1.47. The number of nitrogens with zero attached hydrogens (tertiary/aromatic N) is 1. The van der Waals surface area contributed by atoms with E-state index in [2.05, 4.69) is 0 Å². The summed E-state index contributed by atoms with van der Waals surface area (Å²) in [7, 11) is 1.69. The highest BCUT2D eigenvalue weighted by Gasteiger charge is 2.07. The van der Waals surface area contributed by atoms with E-state index in [0.29, 0.717) is 5.69 Å². The number of carbonyl (C=O) groups is 1. The van der Waals surface area contributed by atoms with Gasteiger partial charge in [-0.05, 0) is 6.07 Å². The quantitative estimate of drug-likeness (QED) is 0.642. The molecule has 1 aromatic rings. The summed E-state index contributed by atoms with van der Waals surface area (Å²) in [5.74, 6) is -0.972. The number of rotatable bonds is 2. The van der Waals surface area contributed by atoms with Crippen LogP contribution in [0.15, 0.2) is 12.3 Å². The fourth-order valence-electron chi connectivity index (χ4n) is 0.884. The molecule has 1 aromatic heterocycles. The van der Waals surface area contributed by atoms with E-state index >= 15 is 0 Å². The summed E-state index contributed by atoms with van der Waals surface area (Å²) in [6, 6.07) is 1.45. The van der Waals surface area contributed by atoms with Crippen LogP contribution in [0.4, 0.5) is 0 Å². The summed E-state index contributed by atoms with van der Waals surface area (Å²) in [4.78, 5) is 10.4. The van der Waals surface area contributed by atoms with Crippen LogP contribution < -0.4 is 0 Å². The highest BCUT2D eigenvalue weighted by Crippen LogP contribution is 2.06. The highest BCUT2D eigenvalue weighted by atomic mass is 16.4. The molecule has 0 fully saturated rings. The number of hydrogen-bond donors (Lipinski definition) is 2. The number of aliphatic hydroxyl groups excluding tert-OH is 1. The maximum atomic E-state index is 10.4. The zero-order valence-electron chi connectivity index (χ0n) is 6.11. The maximum Gasteiger partial charge on any atom is 0.337 e. The van der Waals surface area contributed by atoms with Crippen molar-refractivity contribution in [2.75, 3.05) is 0 Å². The Morgan fingerprint density at radius 1 is 1.73 bits per heavy atom. The maximum absolute atomic E-state index is 10.4. The van der Waals surface area contributed by atoms with Crippen molar-refractivity contribution in [3.8, 4) is 0 Å². The summed E-state index contributed by atoms with van der Waals surface area (Å²) in [5.41, 5.74) is 0.805. The Kier molecular flexibility index (Phi) is 1.96. The number of aromatic carboxylic acids is 1. The van der Waals surface area contributed by atoms with Gasteiger partial charge in [0.15, 0.2) is 0 Å². The molecule has 0 amide bonds. The first kappa shape index (κ1) is 7.81. The third kappa shape index (κ3) is 1.40. The first-order valence-electron chi connectivity index (χ1n) is 3.14. The van der Waals surface area contributed by atoms with Crippen LogP contribution in [0.1, 0.15) is 16.1 Å². The molecule has 0 aliphatic heterocycles. The van der Waals surface area contributed by atoms with Gasteiger partial charge < -0.3 is 14.8 Å². The minimum atomic E-state index is -0.972. The standard InChI is InChI=1S/C7H9NO3/c1-8-3-5(7(10)11)2-6(8)4-9/h2-3,9H,4H2,1H3,(H,10,11). The second-order valence-electron chi connectivity index (χ2n) is 2.29. The number of aliphatic hydroxyl groups is 1. The third-order valence-electron chi connectivity index (χ3n) is 1.52. The molecule has 0 aliphatic rings. The van der Waals surface area contributed by atoms with Crippen LogP contribution in [0, 0.1) is 0 Å². The van der Waals surface area contributed by atoms with E-state index in [0.717, 1.165) is 0 Å². The Labute approximate surface area is 63.7 Å². The van der Waals surface area contributed by atoms with Gasteiger partial charge in [-0.2, -0.15) is 0 Å². The van der Waals surface area contributed by atoms with Crippen LogP contribution in [0.3, 0.4) is 0 Å². The van der Waals surface area contributed by atoms with Gasteiger partial charge in [-0.15, -0.1) is 0 Å². The average Bonchev–Trinajstić information content (AvgIpc) is 2.31. The molecule has 0 aliphatic carbocycles. The Morgan fingerprint density at radius 2 is 2.36 bits per heavy atom. The lowest BCUT2D eigenvalue weighted by molar-refractivity contribution is 0.0697. The lowest BCUT2D eigenvalue weighted by atomic mass is 10.3. The van der Waals surface area contributed by atoms with E-state index in [1.807, 2.05) is 0 Å². The number of aromatic nitrogens is 1. The monoisotopic (exact) mass is 155 g/mol. The Bertz CT molecular complexity index is 277. The first-order valence-corrected chi connectivity index (χ1v) is 3.14. The minimum absolute atomic E-state index is 0.135. The van der Waals surface area contributed by atoms with Gasteiger partial charge in [0, 0.05) is 18.9 Å². The van der Waals surface area contributed by atoms with Gasteiger partial charge in [0.05, 0.1) is 12.2 Å². The molecule has 0 bridgehead atoms. The second kappa shape index (κ2) is 2.75. The predicted octanol–water partition coefficient (Wildman–Crippen LogP) is 0.216. The molecule has 2 N–H and O–H groups in total. The van der Waals surface area contributed by atoms with Gasteiger partial charge in [0.25, 0.3) is 0 Å². The van der Waals surface area contributed by atoms with Crippen LogP contribution in [-0.4, -0.2) is 20.7 Å². The predicted molar refractivity (Wildman–Crippen MR) is 38.3 cm³/mol. The molecule has 60 valence electrons. The number of aryl methyl sites for hydroxylation is 1. The highest BCUT2D eigenvalue weighted by molar-refractivity contribution is 5.87. The first-order chi connectivity index (χ1) is 5.15. The van der Waals surface area contributed by atoms with Gasteiger partial charge in [-0.3, -0.25) is 0 Å². The molecule has 0 atom stereocenters. The van der Waals surface area contributed by atoms with Crippen molar-refractivity contribution in [3.05, 3.63) is 23.5 Å². The van der Waals surface area contributed by atoms with Crippen molar-refractivity contribution in [1.82, 2.24) is 4.57 Å². The van der Waals surface area contributed by atoms with Gasteiger partial charge in [-0.25, -0.2) is 4.79 Å². The van der Waals surface area contributed by atoms with Crippen LogP contribution in [0.25, 0.3) is 0 Å². The second-order valence-corrected chi connectivity index (χ2v) is 2.29. The molecule has 0 radical (unpaired) electrons. The van der Waals surface area contributed by atoms with Crippen LogP contribution in [-0.2, 0) is 13.7 Å². The fourth-order valence-corrected chi connectivity index (χ4v) is 0.884. The summed E-state index contributed by atoms with van der Waals surface area (Å²) in [6.45, 7) is -0.135. The zero-order chi connectivity index (χ0) is 8.43. The molecule has 1 heterocycles. The van der Waals surface area contributed by atoms with Crippen LogP contribution in [0.2, 0.25) is 0 Å². The van der Waals surface area contributed by atoms with Crippen molar-refractivity contribution < 1.29 is 15.0 Å². The number of carboxylic acids is 1. The molecule has 11 heavy (non-hydrogen) atoms. The van der Waals surface area contributed by atoms with Gasteiger partial charge in [-0.1, -0.05) is 0 Å². The normalized spacial score (nSPS) is 10.0. The molecular weight excluding hydrogens is 146 g/mol. The lowest BCUT2D eigenvalue weighted by Gasteiger charge is -1.94. The van der Waals surface area contributed by atoms with E-state index in [1.54, 1.807) is 11.6 Å². The van der Waals surface area contributed by atoms with E-state index < -0.39 is 5.97 Å².